The Morgan fingerprint density at radius 3 is 2.55 bits per heavy atom. The molecule has 2 fully saturated rings. The van der Waals surface area contributed by atoms with E-state index in [0.717, 1.165) is 6.08 Å². The van der Waals surface area contributed by atoms with Crippen LogP contribution in [0.3, 0.4) is 0 Å². The van der Waals surface area contributed by atoms with Gasteiger partial charge in [0, 0.05) is 17.7 Å². The summed E-state index contributed by atoms with van der Waals surface area (Å²) in [5.41, 5.74) is -0.318. The fourth-order valence-corrected chi connectivity index (χ4v) is 2.78. The summed E-state index contributed by atoms with van der Waals surface area (Å²) in [6.07, 6.45) is 2.03. The predicted molar refractivity (Wildman–Crippen MR) is 70.2 cm³/mol. The molecule has 2 rings (SSSR count). The Balaban J connectivity index is 2.19. The molecule has 6 heteroatoms. The molecular weight excluding hydrogens is 262 g/mol. The summed E-state index contributed by atoms with van der Waals surface area (Å²) in [6, 6.07) is -0.715. The molecule has 0 aromatic heterocycles. The summed E-state index contributed by atoms with van der Waals surface area (Å²) in [5.74, 6) is -1.40. The smallest absolute Gasteiger partial charge is 0.411 e. The number of carboxylic acids is 1. The standard InChI is InChI=1S/C14H19NO5/c1-14(2,3)20-13(19)15-9-4-5-10(15)12(18)8(6-9)7-11(16)17/h7,9-10H,4-6H2,1-3H3,(H,16,17). The number of hydrogen-bond donors (Lipinski definition) is 1. The van der Waals surface area contributed by atoms with E-state index in [4.69, 9.17) is 9.84 Å². The average Bonchev–Trinajstić information content (AvgIpc) is 2.61. The van der Waals surface area contributed by atoms with Gasteiger partial charge < -0.3 is 9.84 Å². The lowest BCUT2D eigenvalue weighted by molar-refractivity contribution is -0.132. The number of fused-ring (bicyclic) bond motifs is 2. The highest BCUT2D eigenvalue weighted by atomic mass is 16.6. The second-order valence-corrected chi connectivity index (χ2v) is 6.21. The van der Waals surface area contributed by atoms with Crippen molar-refractivity contribution in [3.05, 3.63) is 11.6 Å². The second-order valence-electron chi connectivity index (χ2n) is 6.21. The summed E-state index contributed by atoms with van der Waals surface area (Å²) in [6.45, 7) is 5.32. The van der Waals surface area contributed by atoms with Crippen LogP contribution in [-0.4, -0.2) is 45.5 Å². The van der Waals surface area contributed by atoms with Gasteiger partial charge in [0.15, 0.2) is 5.78 Å². The van der Waals surface area contributed by atoms with E-state index in [-0.39, 0.29) is 11.8 Å². The zero-order chi connectivity index (χ0) is 15.1. The van der Waals surface area contributed by atoms with Crippen LogP contribution >= 0.6 is 0 Å². The van der Waals surface area contributed by atoms with Crippen LogP contribution in [-0.2, 0) is 14.3 Å². The summed E-state index contributed by atoms with van der Waals surface area (Å²) >= 11 is 0. The number of ether oxygens (including phenoxy) is 1. The second kappa shape index (κ2) is 4.92. The van der Waals surface area contributed by atoms with Crippen LogP contribution in [0.25, 0.3) is 0 Å². The third-order valence-corrected chi connectivity index (χ3v) is 3.48. The molecule has 1 amide bonds. The van der Waals surface area contributed by atoms with Gasteiger partial charge in [-0.05, 0) is 40.0 Å². The van der Waals surface area contributed by atoms with Crippen LogP contribution in [0, 0.1) is 0 Å². The van der Waals surface area contributed by atoms with Crippen molar-refractivity contribution >= 4 is 17.8 Å². The van der Waals surface area contributed by atoms with Crippen molar-refractivity contribution in [2.24, 2.45) is 0 Å². The van der Waals surface area contributed by atoms with Crippen molar-refractivity contribution in [2.75, 3.05) is 0 Å². The number of piperidine rings is 1. The zero-order valence-corrected chi connectivity index (χ0v) is 11.9. The van der Waals surface area contributed by atoms with Gasteiger partial charge in [-0.3, -0.25) is 9.69 Å². The number of nitrogens with zero attached hydrogens (tertiary/aromatic N) is 1. The maximum Gasteiger partial charge on any atom is 0.411 e. The van der Waals surface area contributed by atoms with Gasteiger partial charge in [0.25, 0.3) is 0 Å². The van der Waals surface area contributed by atoms with E-state index in [1.165, 1.54) is 4.90 Å². The van der Waals surface area contributed by atoms with Crippen LogP contribution in [0.15, 0.2) is 11.6 Å². The first kappa shape index (κ1) is 14.6. The topological polar surface area (TPSA) is 83.9 Å². The maximum atomic E-state index is 12.2. The maximum absolute atomic E-state index is 12.2. The van der Waals surface area contributed by atoms with Crippen molar-refractivity contribution in [3.8, 4) is 0 Å². The van der Waals surface area contributed by atoms with Gasteiger partial charge in [-0.1, -0.05) is 0 Å². The molecule has 2 aliphatic rings. The minimum atomic E-state index is -1.13. The van der Waals surface area contributed by atoms with Crippen molar-refractivity contribution in [3.63, 3.8) is 0 Å². The fourth-order valence-electron chi connectivity index (χ4n) is 2.78. The van der Waals surface area contributed by atoms with Gasteiger partial charge in [0.2, 0.25) is 0 Å². The van der Waals surface area contributed by atoms with Gasteiger partial charge in [0.1, 0.15) is 5.60 Å². The minimum absolute atomic E-state index is 0.141. The van der Waals surface area contributed by atoms with E-state index in [1.807, 2.05) is 0 Å². The number of hydrogen-bond acceptors (Lipinski definition) is 4. The molecule has 0 saturated carbocycles. The third kappa shape index (κ3) is 2.84. The van der Waals surface area contributed by atoms with Crippen LogP contribution in [0.1, 0.15) is 40.0 Å². The number of aliphatic carboxylic acids is 1. The van der Waals surface area contributed by atoms with E-state index in [9.17, 15) is 14.4 Å². The molecule has 6 nitrogen and oxygen atoms in total. The third-order valence-electron chi connectivity index (χ3n) is 3.48. The summed E-state index contributed by atoms with van der Waals surface area (Å²) in [5, 5.41) is 8.77. The number of carbonyl (C=O) groups excluding carboxylic acids is 2. The number of Topliss-reactive ketones (excluding diaryl/α,β-unsaturated/α-hetero) is 1. The largest absolute Gasteiger partial charge is 0.478 e. The Morgan fingerprint density at radius 1 is 1.35 bits per heavy atom. The Morgan fingerprint density at radius 2 is 2.00 bits per heavy atom. The molecule has 0 spiro atoms. The monoisotopic (exact) mass is 281 g/mol. The molecule has 0 aromatic carbocycles. The molecule has 2 heterocycles. The molecule has 2 atom stereocenters. The number of amides is 1. The van der Waals surface area contributed by atoms with Crippen LogP contribution in [0.5, 0.6) is 0 Å². The molecule has 0 aromatic rings. The highest BCUT2D eigenvalue weighted by molar-refractivity contribution is 6.06. The van der Waals surface area contributed by atoms with E-state index < -0.39 is 23.7 Å². The molecular formula is C14H19NO5. The van der Waals surface area contributed by atoms with Crippen LogP contribution < -0.4 is 0 Å². The number of rotatable bonds is 1. The summed E-state index contributed by atoms with van der Waals surface area (Å²) in [7, 11) is 0. The minimum Gasteiger partial charge on any atom is -0.478 e. The van der Waals surface area contributed by atoms with Gasteiger partial charge in [0.05, 0.1) is 6.04 Å². The number of carbonyl (C=O) groups is 3. The molecule has 2 aliphatic heterocycles. The Labute approximate surface area is 117 Å². The number of ketones is 1. The molecule has 2 unspecified atom stereocenters. The normalized spacial score (nSPS) is 27.9. The van der Waals surface area contributed by atoms with Crippen molar-refractivity contribution in [2.45, 2.75) is 57.7 Å². The highest BCUT2D eigenvalue weighted by Crippen LogP contribution is 2.37. The molecule has 20 heavy (non-hydrogen) atoms. The number of carboxylic acid groups (broad SMARTS) is 1. The first-order chi connectivity index (χ1) is 9.19. The molecule has 0 aliphatic carbocycles. The molecule has 2 bridgehead atoms. The highest BCUT2D eigenvalue weighted by Gasteiger charge is 2.48. The summed E-state index contributed by atoms with van der Waals surface area (Å²) in [4.78, 5) is 36.6. The van der Waals surface area contributed by atoms with Gasteiger partial charge in [-0.2, -0.15) is 0 Å². The van der Waals surface area contributed by atoms with Gasteiger partial charge in [-0.15, -0.1) is 0 Å². The fraction of sp³-hybridized carbons (Fsp3) is 0.643. The van der Waals surface area contributed by atoms with E-state index in [0.29, 0.717) is 24.8 Å². The van der Waals surface area contributed by atoms with Crippen molar-refractivity contribution < 1.29 is 24.2 Å². The van der Waals surface area contributed by atoms with E-state index >= 15 is 0 Å². The lowest BCUT2D eigenvalue weighted by Crippen LogP contribution is -2.51. The Hall–Kier alpha value is -1.85. The first-order valence-corrected chi connectivity index (χ1v) is 6.68. The Bertz CT molecular complexity index is 488. The lowest BCUT2D eigenvalue weighted by atomic mass is 9.95. The van der Waals surface area contributed by atoms with Crippen molar-refractivity contribution in [1.29, 1.82) is 0 Å². The van der Waals surface area contributed by atoms with Crippen LogP contribution in [0.2, 0.25) is 0 Å². The molecule has 2 saturated heterocycles. The quantitative estimate of drug-likeness (QED) is 0.740. The van der Waals surface area contributed by atoms with Gasteiger partial charge in [-0.25, -0.2) is 9.59 Å². The van der Waals surface area contributed by atoms with Gasteiger partial charge >= 0.3 is 12.1 Å². The predicted octanol–water partition coefficient (Wildman–Crippen LogP) is 1.74. The molecule has 1 N–H and O–H groups in total. The van der Waals surface area contributed by atoms with Crippen molar-refractivity contribution in [1.82, 2.24) is 4.90 Å². The molecule has 0 radical (unpaired) electrons. The molecule has 110 valence electrons. The zero-order valence-electron chi connectivity index (χ0n) is 11.9. The van der Waals surface area contributed by atoms with E-state index in [2.05, 4.69) is 0 Å². The lowest BCUT2D eigenvalue weighted by Gasteiger charge is -2.36. The van der Waals surface area contributed by atoms with E-state index in [1.54, 1.807) is 20.8 Å². The first-order valence-electron chi connectivity index (χ1n) is 6.68. The summed E-state index contributed by atoms with van der Waals surface area (Å²) < 4.78 is 5.32. The average molecular weight is 281 g/mol. The Kier molecular flexibility index (Phi) is 3.58. The van der Waals surface area contributed by atoms with Crippen LogP contribution in [0.4, 0.5) is 4.79 Å². The SMILES string of the molecule is CC(C)(C)OC(=O)N1C2CCC1C(=O)C(=CC(=O)O)C2.